The third kappa shape index (κ3) is 8.76. The number of benzene rings is 1. The highest BCUT2D eigenvalue weighted by atomic mass is 32.2. The van der Waals surface area contributed by atoms with Crippen LogP contribution in [0.4, 0.5) is 30.5 Å². The van der Waals surface area contributed by atoms with E-state index in [9.17, 15) is 23.1 Å². The molecule has 2 heterocycles. The molecule has 0 unspecified atom stereocenters. The number of aliphatic hydroxyl groups is 1. The lowest BCUT2D eigenvalue weighted by molar-refractivity contribution is -0.150. The molecule has 35 heavy (non-hydrogen) atoms. The molecule has 6 N–H and O–H groups in total. The van der Waals surface area contributed by atoms with Crippen LogP contribution in [0.1, 0.15) is 26.2 Å². The molecule has 3 rings (SSSR count). The Morgan fingerprint density at radius 2 is 1.91 bits per heavy atom. The molecule has 1 saturated heterocycles. The van der Waals surface area contributed by atoms with Gasteiger partial charge in [0.1, 0.15) is 23.9 Å². The molecule has 1 fully saturated rings. The highest BCUT2D eigenvalue weighted by molar-refractivity contribution is 7.99. The second-order valence-corrected chi connectivity index (χ2v) is 9.03. The van der Waals surface area contributed by atoms with Gasteiger partial charge < -0.3 is 31.8 Å². The van der Waals surface area contributed by atoms with Crippen molar-refractivity contribution < 1.29 is 23.1 Å². The van der Waals surface area contributed by atoms with Crippen LogP contribution in [0.5, 0.6) is 0 Å². The number of hydrogen-bond acceptors (Lipinski definition) is 9. The normalized spacial score (nSPS) is 15.1. The molecule has 1 aliphatic rings. The molecule has 1 aromatic carbocycles. The van der Waals surface area contributed by atoms with Crippen molar-refractivity contribution in [1.82, 2.24) is 9.97 Å². The fraction of sp³-hybridized carbons (Fsp3) is 0.364. The van der Waals surface area contributed by atoms with Gasteiger partial charge in [0.25, 0.3) is 0 Å². The molecule has 1 amide bonds. The molecular formula is C22H26F3N7O2S. The van der Waals surface area contributed by atoms with Gasteiger partial charge in [0.05, 0.1) is 6.10 Å². The van der Waals surface area contributed by atoms with Gasteiger partial charge in [-0.25, -0.2) is 9.97 Å². The van der Waals surface area contributed by atoms with Crippen LogP contribution in [0.3, 0.4) is 0 Å². The Morgan fingerprint density at radius 3 is 2.51 bits per heavy atom. The summed E-state index contributed by atoms with van der Waals surface area (Å²) in [6, 6.07) is 8.02. The summed E-state index contributed by atoms with van der Waals surface area (Å²) in [6.45, 7) is 2.84. The number of piperidine rings is 1. The molecule has 1 aliphatic heterocycles. The number of aliphatic hydroxyl groups excluding tert-OH is 1. The SMILES string of the molecule is CC(=N)/C=C(\N)Nc1cc(N2CCC(O)CC2)nc(Sc2ccc(NC(=O)CC(F)(F)F)cc2)n1. The Kier molecular flexibility index (Phi) is 8.57. The summed E-state index contributed by atoms with van der Waals surface area (Å²) in [5, 5.41) is 22.9. The second-order valence-electron chi connectivity index (χ2n) is 7.99. The van der Waals surface area contributed by atoms with E-state index in [1.54, 1.807) is 25.1 Å². The van der Waals surface area contributed by atoms with E-state index in [-0.39, 0.29) is 23.3 Å². The zero-order valence-corrected chi connectivity index (χ0v) is 19.7. The van der Waals surface area contributed by atoms with E-state index in [2.05, 4.69) is 20.6 Å². The van der Waals surface area contributed by atoms with Gasteiger partial charge in [0.2, 0.25) is 5.91 Å². The second kappa shape index (κ2) is 11.4. The summed E-state index contributed by atoms with van der Waals surface area (Å²) in [5.74, 6) is 0.176. The summed E-state index contributed by atoms with van der Waals surface area (Å²) in [7, 11) is 0. The van der Waals surface area contributed by atoms with E-state index in [4.69, 9.17) is 11.1 Å². The fourth-order valence-electron chi connectivity index (χ4n) is 3.30. The van der Waals surface area contributed by atoms with Crippen molar-refractivity contribution in [1.29, 1.82) is 5.41 Å². The number of amides is 1. The molecule has 0 radical (unpaired) electrons. The quantitative estimate of drug-likeness (QED) is 0.268. The lowest BCUT2D eigenvalue weighted by atomic mass is 10.1. The smallest absolute Gasteiger partial charge is 0.393 e. The third-order valence-corrected chi connectivity index (χ3v) is 5.71. The van der Waals surface area contributed by atoms with Gasteiger partial charge in [-0.3, -0.25) is 4.79 Å². The number of anilines is 3. The van der Waals surface area contributed by atoms with E-state index in [1.165, 1.54) is 30.0 Å². The van der Waals surface area contributed by atoms with Gasteiger partial charge in [-0.15, -0.1) is 0 Å². The van der Waals surface area contributed by atoms with Gasteiger partial charge >= 0.3 is 6.18 Å². The number of nitrogens with one attached hydrogen (secondary N) is 3. The van der Waals surface area contributed by atoms with Crippen LogP contribution >= 0.6 is 11.8 Å². The first-order valence-corrected chi connectivity index (χ1v) is 11.5. The molecule has 0 atom stereocenters. The Morgan fingerprint density at radius 1 is 1.26 bits per heavy atom. The first-order chi connectivity index (χ1) is 16.5. The largest absolute Gasteiger partial charge is 0.397 e. The van der Waals surface area contributed by atoms with Crippen LogP contribution in [0.2, 0.25) is 0 Å². The number of alkyl halides is 3. The molecule has 0 aliphatic carbocycles. The van der Waals surface area contributed by atoms with Gasteiger partial charge in [0.15, 0.2) is 5.16 Å². The number of carbonyl (C=O) groups is 1. The van der Waals surface area contributed by atoms with Crippen LogP contribution in [0, 0.1) is 5.41 Å². The number of allylic oxidation sites excluding steroid dienone is 1. The lowest BCUT2D eigenvalue weighted by Crippen LogP contribution is -2.36. The molecular weight excluding hydrogens is 483 g/mol. The van der Waals surface area contributed by atoms with E-state index in [1.807, 2.05) is 4.90 Å². The Labute approximate surface area is 204 Å². The van der Waals surface area contributed by atoms with Crippen molar-refractivity contribution >= 4 is 40.7 Å². The van der Waals surface area contributed by atoms with Crippen LogP contribution in [0.15, 0.2) is 52.3 Å². The Balaban J connectivity index is 1.78. The van der Waals surface area contributed by atoms with E-state index in [0.717, 1.165) is 0 Å². The molecule has 188 valence electrons. The average molecular weight is 510 g/mol. The maximum absolute atomic E-state index is 12.4. The van der Waals surface area contributed by atoms with Gasteiger partial charge in [0, 0.05) is 35.5 Å². The van der Waals surface area contributed by atoms with Crippen molar-refractivity contribution in [3.63, 3.8) is 0 Å². The minimum Gasteiger partial charge on any atom is -0.393 e. The van der Waals surface area contributed by atoms with Crippen LogP contribution in [-0.2, 0) is 4.79 Å². The van der Waals surface area contributed by atoms with Gasteiger partial charge in [-0.2, -0.15) is 13.2 Å². The fourth-order valence-corrected chi connectivity index (χ4v) is 4.06. The maximum Gasteiger partial charge on any atom is 0.397 e. The van der Waals surface area contributed by atoms with Crippen molar-refractivity contribution in [3.05, 3.63) is 42.2 Å². The number of rotatable bonds is 8. The number of aromatic nitrogens is 2. The molecule has 9 nitrogen and oxygen atoms in total. The number of carbonyl (C=O) groups excluding carboxylic acids is 1. The summed E-state index contributed by atoms with van der Waals surface area (Å²) < 4.78 is 37.1. The molecule has 0 bridgehead atoms. The van der Waals surface area contributed by atoms with Crippen LogP contribution in [-0.4, -0.2) is 52.1 Å². The lowest BCUT2D eigenvalue weighted by Gasteiger charge is -2.30. The van der Waals surface area contributed by atoms with Crippen LogP contribution in [0.25, 0.3) is 0 Å². The highest BCUT2D eigenvalue weighted by Crippen LogP contribution is 2.30. The monoisotopic (exact) mass is 509 g/mol. The summed E-state index contributed by atoms with van der Waals surface area (Å²) in [5.41, 5.74) is 6.45. The van der Waals surface area contributed by atoms with Gasteiger partial charge in [-0.05, 0) is 61.9 Å². The highest BCUT2D eigenvalue weighted by Gasteiger charge is 2.31. The summed E-state index contributed by atoms with van der Waals surface area (Å²) >= 11 is 1.23. The molecule has 0 saturated carbocycles. The predicted molar refractivity (Wildman–Crippen MR) is 129 cm³/mol. The van der Waals surface area contributed by atoms with Crippen molar-refractivity contribution in [3.8, 4) is 0 Å². The van der Waals surface area contributed by atoms with E-state index < -0.39 is 18.5 Å². The standard InChI is InChI=1S/C22H26F3N7O2S/c1-13(26)10-17(27)29-18-11-19(32-8-6-15(33)7-9-32)31-21(30-18)35-16-4-2-14(3-5-16)28-20(34)12-22(23,24)25/h2-5,10-11,15,26,33H,6-9,12,27H2,1H3,(H,28,34)(H,29,30,31)/b17-10+,26-13?. The zero-order chi connectivity index (χ0) is 25.6. The predicted octanol–water partition coefficient (Wildman–Crippen LogP) is 3.73. The Hall–Kier alpha value is -3.32. The topological polar surface area (TPSA) is 140 Å². The minimum atomic E-state index is -4.57. The average Bonchev–Trinajstić information content (AvgIpc) is 2.73. The first kappa shape index (κ1) is 26.3. The zero-order valence-electron chi connectivity index (χ0n) is 18.9. The van der Waals surface area contributed by atoms with Crippen molar-refractivity contribution in [2.24, 2.45) is 5.73 Å². The van der Waals surface area contributed by atoms with E-state index in [0.29, 0.717) is 47.6 Å². The molecule has 1 aromatic heterocycles. The third-order valence-electron chi connectivity index (χ3n) is 4.83. The number of nitrogens with zero attached hydrogens (tertiary/aromatic N) is 3. The summed E-state index contributed by atoms with van der Waals surface area (Å²) in [6.07, 6.45) is -3.78. The Bertz CT molecular complexity index is 1090. The number of nitrogens with two attached hydrogens (primary N) is 1. The van der Waals surface area contributed by atoms with Crippen molar-refractivity contribution in [2.75, 3.05) is 28.6 Å². The van der Waals surface area contributed by atoms with Crippen LogP contribution < -0.4 is 21.3 Å². The summed E-state index contributed by atoms with van der Waals surface area (Å²) in [4.78, 5) is 23.3. The molecule has 2 aromatic rings. The van der Waals surface area contributed by atoms with Gasteiger partial charge in [-0.1, -0.05) is 0 Å². The molecule has 0 spiro atoms. The van der Waals surface area contributed by atoms with E-state index >= 15 is 0 Å². The number of hydrogen-bond donors (Lipinski definition) is 5. The first-order valence-electron chi connectivity index (χ1n) is 10.7. The minimum absolute atomic E-state index is 0.242. The molecule has 13 heteroatoms. The number of halogens is 3. The maximum atomic E-state index is 12.4. The van der Waals surface area contributed by atoms with Crippen molar-refractivity contribution in [2.45, 2.75) is 48.5 Å².